The van der Waals surface area contributed by atoms with Crippen molar-refractivity contribution in [2.75, 3.05) is 5.73 Å². The molecule has 2 aromatic rings. The van der Waals surface area contributed by atoms with Crippen molar-refractivity contribution in [3.8, 4) is 0 Å². The summed E-state index contributed by atoms with van der Waals surface area (Å²) in [6, 6.07) is 1.27. The third-order valence-electron chi connectivity index (χ3n) is 1.65. The van der Waals surface area contributed by atoms with Gasteiger partial charge in [-0.05, 0) is 6.92 Å². The van der Waals surface area contributed by atoms with E-state index in [-0.39, 0.29) is 30.6 Å². The zero-order valence-electron chi connectivity index (χ0n) is 7.40. The van der Waals surface area contributed by atoms with E-state index in [1.165, 1.54) is 6.07 Å². The summed E-state index contributed by atoms with van der Waals surface area (Å²) in [6.45, 7) is 1.81. The topological polar surface area (TPSA) is 43.3 Å². The Hall–Kier alpha value is -1.00. The number of rotatable bonds is 0. The van der Waals surface area contributed by atoms with Crippen LogP contribution in [0, 0.1) is 12.7 Å². The van der Waals surface area contributed by atoms with Crippen molar-refractivity contribution in [3.05, 3.63) is 30.0 Å². The normalized spacial score (nSPS) is 9.29. The van der Waals surface area contributed by atoms with Gasteiger partial charge in [0.15, 0.2) is 11.5 Å². The van der Waals surface area contributed by atoms with Crippen molar-refractivity contribution in [2.24, 2.45) is 0 Å². The SMILES string of the molecule is Cc1cn2cc(N)cc(F)c2n1.Cl.Cl. The smallest absolute Gasteiger partial charge is 0.173 e. The van der Waals surface area contributed by atoms with Gasteiger partial charge in [-0.2, -0.15) is 0 Å². The summed E-state index contributed by atoms with van der Waals surface area (Å²) in [5.41, 5.74) is 6.94. The fraction of sp³-hybridized carbons (Fsp3) is 0.125. The van der Waals surface area contributed by atoms with Gasteiger partial charge in [0.1, 0.15) is 0 Å². The van der Waals surface area contributed by atoms with Crippen molar-refractivity contribution < 1.29 is 4.39 Å². The largest absolute Gasteiger partial charge is 0.397 e. The van der Waals surface area contributed by atoms with E-state index in [1.807, 2.05) is 6.92 Å². The summed E-state index contributed by atoms with van der Waals surface area (Å²) in [5.74, 6) is -0.386. The lowest BCUT2D eigenvalue weighted by atomic mass is 10.4. The van der Waals surface area contributed by atoms with Crippen LogP contribution in [0.5, 0.6) is 0 Å². The maximum Gasteiger partial charge on any atom is 0.173 e. The summed E-state index contributed by atoms with van der Waals surface area (Å²) in [7, 11) is 0. The number of aromatic nitrogens is 2. The standard InChI is InChI=1S/C8H8FN3.2ClH/c1-5-3-12-4-6(10)2-7(9)8(12)11-5;;/h2-4H,10H2,1H3;2*1H. The fourth-order valence-corrected chi connectivity index (χ4v) is 1.20. The first-order chi connectivity index (χ1) is 5.66. The number of anilines is 1. The number of fused-ring (bicyclic) bond motifs is 1. The number of nitrogens with two attached hydrogens (primary N) is 1. The summed E-state index contributed by atoms with van der Waals surface area (Å²) in [6.07, 6.45) is 3.37. The van der Waals surface area contributed by atoms with Crippen LogP contribution in [-0.4, -0.2) is 9.38 Å². The third-order valence-corrected chi connectivity index (χ3v) is 1.65. The van der Waals surface area contributed by atoms with E-state index in [9.17, 15) is 4.39 Å². The third kappa shape index (κ3) is 2.08. The van der Waals surface area contributed by atoms with Crippen molar-refractivity contribution in [1.29, 1.82) is 0 Å². The van der Waals surface area contributed by atoms with Crippen molar-refractivity contribution in [1.82, 2.24) is 9.38 Å². The summed E-state index contributed by atoms with van der Waals surface area (Å²) < 4.78 is 14.7. The van der Waals surface area contributed by atoms with Crippen LogP contribution in [0.25, 0.3) is 5.65 Å². The minimum Gasteiger partial charge on any atom is -0.397 e. The molecule has 0 aliphatic rings. The molecule has 0 unspecified atom stereocenters. The first-order valence-corrected chi connectivity index (χ1v) is 3.57. The summed E-state index contributed by atoms with van der Waals surface area (Å²) >= 11 is 0. The Morgan fingerprint density at radius 2 is 2.00 bits per heavy atom. The summed E-state index contributed by atoms with van der Waals surface area (Å²) in [5, 5.41) is 0. The lowest BCUT2D eigenvalue weighted by Gasteiger charge is -1.96. The van der Waals surface area contributed by atoms with Crippen LogP contribution in [0.1, 0.15) is 5.69 Å². The highest BCUT2D eigenvalue weighted by Crippen LogP contribution is 2.12. The Morgan fingerprint density at radius 3 is 2.64 bits per heavy atom. The van der Waals surface area contributed by atoms with E-state index in [4.69, 9.17) is 5.73 Å². The zero-order valence-corrected chi connectivity index (χ0v) is 9.03. The van der Waals surface area contributed by atoms with Gasteiger partial charge >= 0.3 is 0 Å². The molecular weight excluding hydrogens is 228 g/mol. The molecule has 0 aromatic carbocycles. The molecule has 2 N–H and O–H groups in total. The number of pyridine rings is 1. The van der Waals surface area contributed by atoms with Crippen molar-refractivity contribution in [2.45, 2.75) is 6.92 Å². The predicted molar refractivity (Wildman–Crippen MR) is 58.8 cm³/mol. The molecule has 0 fully saturated rings. The Balaban J connectivity index is 0.000000845. The number of nitrogen functional groups attached to an aromatic ring is 1. The average molecular weight is 238 g/mol. The molecule has 14 heavy (non-hydrogen) atoms. The van der Waals surface area contributed by atoms with Crippen LogP contribution >= 0.6 is 24.8 Å². The summed E-state index contributed by atoms with van der Waals surface area (Å²) in [4.78, 5) is 3.99. The molecule has 2 heterocycles. The van der Waals surface area contributed by atoms with E-state index in [0.29, 0.717) is 11.3 Å². The van der Waals surface area contributed by atoms with E-state index < -0.39 is 0 Å². The molecule has 0 spiro atoms. The molecule has 6 heteroatoms. The highest BCUT2D eigenvalue weighted by Gasteiger charge is 2.04. The van der Waals surface area contributed by atoms with E-state index >= 15 is 0 Å². The number of hydrogen-bond donors (Lipinski definition) is 1. The average Bonchev–Trinajstić information content (AvgIpc) is 2.29. The maximum atomic E-state index is 13.1. The first-order valence-electron chi connectivity index (χ1n) is 3.57. The highest BCUT2D eigenvalue weighted by molar-refractivity contribution is 5.85. The van der Waals surface area contributed by atoms with Crippen molar-refractivity contribution in [3.63, 3.8) is 0 Å². The second-order valence-electron chi connectivity index (χ2n) is 2.73. The Bertz CT molecular complexity index is 441. The van der Waals surface area contributed by atoms with Crippen molar-refractivity contribution >= 4 is 36.1 Å². The number of hydrogen-bond acceptors (Lipinski definition) is 2. The van der Waals surface area contributed by atoms with Crippen LogP contribution < -0.4 is 5.73 Å². The Labute approximate surface area is 92.9 Å². The van der Waals surface area contributed by atoms with E-state index in [1.54, 1.807) is 16.8 Å². The van der Waals surface area contributed by atoms with Gasteiger partial charge in [-0.15, -0.1) is 24.8 Å². The van der Waals surface area contributed by atoms with Gasteiger partial charge in [0.05, 0.1) is 11.4 Å². The minimum absolute atomic E-state index is 0. The lowest BCUT2D eigenvalue weighted by molar-refractivity contribution is 0.630. The van der Waals surface area contributed by atoms with Gasteiger partial charge in [-0.3, -0.25) is 0 Å². The molecular formula is C8H10Cl2FN3. The zero-order chi connectivity index (χ0) is 8.72. The van der Waals surface area contributed by atoms with Gasteiger partial charge in [0.25, 0.3) is 0 Å². The van der Waals surface area contributed by atoms with Gasteiger partial charge in [0, 0.05) is 18.5 Å². The van der Waals surface area contributed by atoms with Crippen LogP contribution in [0.4, 0.5) is 10.1 Å². The van der Waals surface area contributed by atoms with E-state index in [2.05, 4.69) is 4.98 Å². The Morgan fingerprint density at radius 1 is 1.36 bits per heavy atom. The molecule has 0 atom stereocenters. The lowest BCUT2D eigenvalue weighted by Crippen LogP contribution is -1.92. The maximum absolute atomic E-state index is 13.1. The van der Waals surface area contributed by atoms with E-state index in [0.717, 1.165) is 5.69 Å². The molecule has 0 bridgehead atoms. The molecule has 0 aliphatic heterocycles. The molecule has 0 saturated carbocycles. The molecule has 3 nitrogen and oxygen atoms in total. The molecule has 0 radical (unpaired) electrons. The second-order valence-corrected chi connectivity index (χ2v) is 2.73. The molecule has 0 saturated heterocycles. The first kappa shape index (κ1) is 13.0. The molecule has 0 amide bonds. The molecule has 2 rings (SSSR count). The number of halogens is 3. The van der Waals surface area contributed by atoms with Gasteiger partial charge in [0.2, 0.25) is 0 Å². The molecule has 0 aliphatic carbocycles. The highest BCUT2D eigenvalue weighted by atomic mass is 35.5. The van der Waals surface area contributed by atoms with Crippen LogP contribution in [0.2, 0.25) is 0 Å². The number of aryl methyl sites for hydroxylation is 1. The van der Waals surface area contributed by atoms with Crippen LogP contribution in [0.15, 0.2) is 18.5 Å². The quantitative estimate of drug-likeness (QED) is 0.764. The number of nitrogens with zero attached hydrogens (tertiary/aromatic N) is 2. The monoisotopic (exact) mass is 237 g/mol. The number of imidazole rings is 1. The predicted octanol–water partition coefficient (Wildman–Crippen LogP) is 2.21. The second kappa shape index (κ2) is 4.48. The van der Waals surface area contributed by atoms with Gasteiger partial charge in [-0.1, -0.05) is 0 Å². The Kier molecular flexibility index (Phi) is 4.16. The van der Waals surface area contributed by atoms with Gasteiger partial charge in [-0.25, -0.2) is 9.37 Å². The van der Waals surface area contributed by atoms with Crippen LogP contribution in [0.3, 0.4) is 0 Å². The minimum atomic E-state index is -0.386. The van der Waals surface area contributed by atoms with Crippen LogP contribution in [-0.2, 0) is 0 Å². The van der Waals surface area contributed by atoms with Gasteiger partial charge < -0.3 is 10.1 Å². The molecule has 78 valence electrons. The molecule has 2 aromatic heterocycles. The fourth-order valence-electron chi connectivity index (χ4n) is 1.20.